The van der Waals surface area contributed by atoms with Gasteiger partial charge >= 0.3 is 0 Å². The second kappa shape index (κ2) is 9.44. The average molecular weight is 415 g/mol. The molecule has 2 N–H and O–H groups in total. The maximum absolute atomic E-state index is 12.5. The van der Waals surface area contributed by atoms with Crippen molar-refractivity contribution in [3.05, 3.63) is 57.3 Å². The maximum Gasteiger partial charge on any atom is 0.261 e. The van der Waals surface area contributed by atoms with Gasteiger partial charge in [-0.15, -0.1) is 11.3 Å². The summed E-state index contributed by atoms with van der Waals surface area (Å²) in [4.78, 5) is 50.9. The van der Waals surface area contributed by atoms with Crippen molar-refractivity contribution < 1.29 is 23.9 Å². The van der Waals surface area contributed by atoms with Crippen molar-refractivity contribution in [2.75, 3.05) is 33.4 Å². The SMILES string of the molecule is COCCCN1C(=O)c2ccc(C(=O)NCCNC(=O)c3cccs3)cc2C1=O. The van der Waals surface area contributed by atoms with E-state index in [1.807, 2.05) is 5.38 Å². The molecule has 0 bridgehead atoms. The Bertz CT molecular complexity index is 926. The van der Waals surface area contributed by atoms with E-state index >= 15 is 0 Å². The molecule has 1 aliphatic heterocycles. The molecule has 2 heterocycles. The molecule has 9 heteroatoms. The number of benzene rings is 1. The summed E-state index contributed by atoms with van der Waals surface area (Å²) >= 11 is 1.34. The molecule has 0 unspecified atom stereocenters. The van der Waals surface area contributed by atoms with Gasteiger partial charge in [-0.25, -0.2) is 0 Å². The van der Waals surface area contributed by atoms with E-state index in [1.165, 1.54) is 34.4 Å². The topological polar surface area (TPSA) is 105 Å². The second-order valence-electron chi connectivity index (χ2n) is 6.36. The van der Waals surface area contributed by atoms with E-state index in [1.54, 1.807) is 19.2 Å². The van der Waals surface area contributed by atoms with Crippen LogP contribution in [-0.4, -0.2) is 61.9 Å². The van der Waals surface area contributed by atoms with E-state index in [0.29, 0.717) is 23.5 Å². The fraction of sp³-hybridized carbons (Fsp3) is 0.300. The highest BCUT2D eigenvalue weighted by Crippen LogP contribution is 2.24. The summed E-state index contributed by atoms with van der Waals surface area (Å²) in [5.74, 6) is -1.33. The van der Waals surface area contributed by atoms with Crippen LogP contribution in [-0.2, 0) is 4.74 Å². The molecule has 4 amide bonds. The van der Waals surface area contributed by atoms with Crippen molar-refractivity contribution >= 4 is 35.0 Å². The Morgan fingerprint density at radius 3 is 2.45 bits per heavy atom. The van der Waals surface area contributed by atoms with Gasteiger partial charge in [0.05, 0.1) is 16.0 Å². The lowest BCUT2D eigenvalue weighted by molar-refractivity contribution is 0.0638. The van der Waals surface area contributed by atoms with E-state index in [0.717, 1.165) is 0 Å². The van der Waals surface area contributed by atoms with Crippen LogP contribution in [0.25, 0.3) is 0 Å². The molecule has 0 saturated heterocycles. The van der Waals surface area contributed by atoms with Crippen LogP contribution >= 0.6 is 11.3 Å². The van der Waals surface area contributed by atoms with Gasteiger partial charge in [-0.05, 0) is 36.1 Å². The van der Waals surface area contributed by atoms with Crippen molar-refractivity contribution in [1.82, 2.24) is 15.5 Å². The molecule has 0 saturated carbocycles. The number of hydrogen-bond donors (Lipinski definition) is 2. The summed E-state index contributed by atoms with van der Waals surface area (Å²) in [6, 6.07) is 7.97. The van der Waals surface area contributed by atoms with E-state index in [-0.39, 0.29) is 48.5 Å². The van der Waals surface area contributed by atoms with Gasteiger partial charge < -0.3 is 15.4 Å². The Balaban J connectivity index is 1.54. The normalized spacial score (nSPS) is 12.8. The molecule has 0 spiro atoms. The Hall–Kier alpha value is -3.04. The molecule has 29 heavy (non-hydrogen) atoms. The molecule has 0 fully saturated rings. The summed E-state index contributed by atoms with van der Waals surface area (Å²) in [5.41, 5.74) is 0.812. The van der Waals surface area contributed by atoms with Crippen LogP contribution in [0, 0.1) is 0 Å². The maximum atomic E-state index is 12.5. The zero-order chi connectivity index (χ0) is 20.8. The zero-order valence-electron chi connectivity index (χ0n) is 15.9. The van der Waals surface area contributed by atoms with Crippen LogP contribution < -0.4 is 10.6 Å². The monoisotopic (exact) mass is 415 g/mol. The first-order valence-corrected chi connectivity index (χ1v) is 10.00. The first kappa shape index (κ1) is 20.7. The van der Waals surface area contributed by atoms with Gasteiger partial charge in [-0.2, -0.15) is 0 Å². The molecule has 1 aromatic carbocycles. The van der Waals surface area contributed by atoms with Crippen LogP contribution in [0.2, 0.25) is 0 Å². The fourth-order valence-corrected chi connectivity index (χ4v) is 3.59. The van der Waals surface area contributed by atoms with Crippen molar-refractivity contribution in [2.24, 2.45) is 0 Å². The van der Waals surface area contributed by atoms with Gasteiger partial charge in [0.1, 0.15) is 0 Å². The van der Waals surface area contributed by atoms with Crippen molar-refractivity contribution in [3.8, 4) is 0 Å². The predicted octanol–water partition coefficient (Wildman–Crippen LogP) is 1.54. The van der Waals surface area contributed by atoms with Crippen molar-refractivity contribution in [2.45, 2.75) is 6.42 Å². The number of ether oxygens (including phenoxy) is 1. The first-order valence-electron chi connectivity index (χ1n) is 9.12. The number of methoxy groups -OCH3 is 1. The molecule has 152 valence electrons. The first-order chi connectivity index (χ1) is 14.0. The average Bonchev–Trinajstić information content (AvgIpc) is 3.34. The number of imide groups is 1. The molecule has 0 aliphatic carbocycles. The van der Waals surface area contributed by atoms with Crippen LogP contribution in [0.15, 0.2) is 35.7 Å². The summed E-state index contributed by atoms with van der Waals surface area (Å²) in [6.07, 6.45) is 0.548. The Labute approximate surface area is 171 Å². The smallest absolute Gasteiger partial charge is 0.261 e. The number of amides is 4. The van der Waals surface area contributed by atoms with Crippen molar-refractivity contribution in [3.63, 3.8) is 0 Å². The highest BCUT2D eigenvalue weighted by molar-refractivity contribution is 7.12. The molecule has 1 aromatic heterocycles. The van der Waals surface area contributed by atoms with E-state index in [4.69, 9.17) is 4.74 Å². The van der Waals surface area contributed by atoms with Gasteiger partial charge in [0.25, 0.3) is 23.6 Å². The number of hydrogen-bond acceptors (Lipinski definition) is 6. The number of rotatable bonds is 9. The predicted molar refractivity (Wildman–Crippen MR) is 107 cm³/mol. The second-order valence-corrected chi connectivity index (χ2v) is 7.31. The molecular formula is C20H21N3O5S. The van der Waals surface area contributed by atoms with Gasteiger partial charge in [0.2, 0.25) is 0 Å². The van der Waals surface area contributed by atoms with Crippen LogP contribution in [0.1, 0.15) is 47.2 Å². The van der Waals surface area contributed by atoms with Gasteiger partial charge in [0.15, 0.2) is 0 Å². The molecule has 2 aromatic rings. The summed E-state index contributed by atoms with van der Waals surface area (Å²) in [7, 11) is 1.56. The highest BCUT2D eigenvalue weighted by Gasteiger charge is 2.35. The van der Waals surface area contributed by atoms with Crippen LogP contribution in [0.4, 0.5) is 0 Å². The molecule has 1 aliphatic rings. The minimum atomic E-state index is -0.404. The van der Waals surface area contributed by atoms with Crippen LogP contribution in [0.5, 0.6) is 0 Å². The molecule has 8 nitrogen and oxygen atoms in total. The summed E-state index contributed by atoms with van der Waals surface area (Å²) in [5, 5.41) is 7.23. The quantitative estimate of drug-likeness (QED) is 0.478. The number of carbonyl (C=O) groups is 4. The van der Waals surface area contributed by atoms with Gasteiger partial charge in [0, 0.05) is 38.9 Å². The number of nitrogens with zero attached hydrogens (tertiary/aromatic N) is 1. The lowest BCUT2D eigenvalue weighted by Crippen LogP contribution is -2.34. The van der Waals surface area contributed by atoms with Gasteiger partial charge in [-0.1, -0.05) is 6.07 Å². The number of fused-ring (bicyclic) bond motifs is 1. The summed E-state index contributed by atoms with van der Waals surface area (Å²) in [6.45, 7) is 1.23. The Morgan fingerprint density at radius 2 is 1.76 bits per heavy atom. The van der Waals surface area contributed by atoms with E-state index in [2.05, 4.69) is 10.6 Å². The molecule has 3 rings (SSSR count). The number of carbonyl (C=O) groups excluding carboxylic acids is 4. The zero-order valence-corrected chi connectivity index (χ0v) is 16.7. The molecule has 0 atom stereocenters. The van der Waals surface area contributed by atoms with Crippen LogP contribution in [0.3, 0.4) is 0 Å². The summed E-state index contributed by atoms with van der Waals surface area (Å²) < 4.78 is 4.95. The third-order valence-electron chi connectivity index (χ3n) is 4.40. The van der Waals surface area contributed by atoms with Gasteiger partial charge in [-0.3, -0.25) is 24.1 Å². The van der Waals surface area contributed by atoms with E-state index in [9.17, 15) is 19.2 Å². The Morgan fingerprint density at radius 1 is 1.03 bits per heavy atom. The molecular weight excluding hydrogens is 394 g/mol. The third kappa shape index (κ3) is 4.69. The highest BCUT2D eigenvalue weighted by atomic mass is 32.1. The minimum absolute atomic E-state index is 0.190. The van der Waals surface area contributed by atoms with E-state index < -0.39 is 5.91 Å². The fourth-order valence-electron chi connectivity index (χ4n) is 2.95. The lowest BCUT2D eigenvalue weighted by atomic mass is 10.1. The lowest BCUT2D eigenvalue weighted by Gasteiger charge is -2.12. The third-order valence-corrected chi connectivity index (χ3v) is 5.27. The molecule has 0 radical (unpaired) electrons. The number of nitrogens with one attached hydrogen (secondary N) is 2. The van der Waals surface area contributed by atoms with Crippen molar-refractivity contribution in [1.29, 1.82) is 0 Å². The number of thiophene rings is 1. The Kier molecular flexibility index (Phi) is 6.73. The standard InChI is InChI=1S/C20H21N3O5S/c1-28-10-3-9-23-19(26)14-6-5-13(12-15(14)20(23)27)17(24)21-7-8-22-18(25)16-4-2-11-29-16/h2,4-6,11-12H,3,7-10H2,1H3,(H,21,24)(H,22,25). The largest absolute Gasteiger partial charge is 0.385 e. The minimum Gasteiger partial charge on any atom is -0.385 e.